The Hall–Kier alpha value is -2.14. The number of furan rings is 1. The van der Waals surface area contributed by atoms with Gasteiger partial charge in [-0.3, -0.25) is 0 Å². The van der Waals surface area contributed by atoms with Gasteiger partial charge in [-0.1, -0.05) is 0 Å². The van der Waals surface area contributed by atoms with Crippen LogP contribution in [0, 0.1) is 6.92 Å². The predicted octanol–water partition coefficient (Wildman–Crippen LogP) is 3.19. The number of aryl methyl sites for hydroxylation is 1. The van der Waals surface area contributed by atoms with Gasteiger partial charge in [-0.05, 0) is 50.6 Å². The fraction of sp³-hybridized carbons (Fsp3) is 0.476. The fourth-order valence-electron chi connectivity index (χ4n) is 2.81. The van der Waals surface area contributed by atoms with Crippen molar-refractivity contribution in [2.75, 3.05) is 34.4 Å². The van der Waals surface area contributed by atoms with Gasteiger partial charge in [0.1, 0.15) is 17.1 Å². The summed E-state index contributed by atoms with van der Waals surface area (Å²) in [5.41, 5.74) is -0.276. The number of nitrogens with one attached hydrogen (secondary N) is 2. The topological polar surface area (TPSA) is 97.5 Å². The lowest BCUT2D eigenvalue weighted by Crippen LogP contribution is -2.44. The summed E-state index contributed by atoms with van der Waals surface area (Å²) in [5, 5.41) is 17.0. The Bertz CT molecular complexity index is 811. The van der Waals surface area contributed by atoms with Crippen LogP contribution in [-0.2, 0) is 12.1 Å². The van der Waals surface area contributed by atoms with E-state index in [0.29, 0.717) is 42.1 Å². The maximum Gasteiger partial charge on any atom is 0.203 e. The minimum Gasteiger partial charge on any atom is -0.493 e. The van der Waals surface area contributed by atoms with Gasteiger partial charge in [-0.2, -0.15) is 0 Å². The number of methoxy groups -OCH3 is 3. The van der Waals surface area contributed by atoms with E-state index in [1.807, 2.05) is 32.0 Å². The van der Waals surface area contributed by atoms with Crippen molar-refractivity contribution in [2.45, 2.75) is 32.9 Å². The molecule has 0 saturated carbocycles. The van der Waals surface area contributed by atoms with Crippen LogP contribution in [0.4, 0.5) is 0 Å². The Labute approximate surface area is 195 Å². The summed E-state index contributed by atoms with van der Waals surface area (Å²) in [7, 11) is 4.72. The second kappa shape index (κ2) is 11.9. The molecular weight excluding hydrogens is 501 g/mol. The van der Waals surface area contributed by atoms with Crippen LogP contribution >= 0.6 is 24.0 Å². The van der Waals surface area contributed by atoms with Gasteiger partial charge in [0, 0.05) is 6.54 Å². The van der Waals surface area contributed by atoms with Crippen molar-refractivity contribution < 1.29 is 23.7 Å². The number of aliphatic imine (C=N–C) groups is 1. The highest BCUT2D eigenvalue weighted by Crippen LogP contribution is 2.38. The second-order valence-corrected chi connectivity index (χ2v) is 6.77. The second-order valence-electron chi connectivity index (χ2n) is 6.77. The standard InChI is InChI=1S/C21H31N3O5.HI/c1-7-22-20(24-13-21(3,25)18-9-8-14(2)29-18)23-12-15-10-16(26-4)19(28-6)17(11-15)27-5;/h8-11,25H,7,12-13H2,1-6H3,(H2,22,23,24);1H. The largest absolute Gasteiger partial charge is 0.493 e. The van der Waals surface area contributed by atoms with Gasteiger partial charge in [0.05, 0.1) is 34.4 Å². The number of guanidine groups is 1. The molecule has 30 heavy (non-hydrogen) atoms. The molecule has 8 nitrogen and oxygen atoms in total. The molecule has 168 valence electrons. The number of ether oxygens (including phenoxy) is 3. The van der Waals surface area contributed by atoms with Gasteiger partial charge in [-0.25, -0.2) is 4.99 Å². The quantitative estimate of drug-likeness (QED) is 0.259. The van der Waals surface area contributed by atoms with Gasteiger partial charge in [0.15, 0.2) is 17.5 Å². The van der Waals surface area contributed by atoms with Crippen LogP contribution in [0.3, 0.4) is 0 Å². The van der Waals surface area contributed by atoms with Crippen molar-refractivity contribution in [2.24, 2.45) is 4.99 Å². The van der Waals surface area contributed by atoms with E-state index in [0.717, 1.165) is 11.3 Å². The summed E-state index contributed by atoms with van der Waals surface area (Å²) < 4.78 is 21.7. The highest BCUT2D eigenvalue weighted by molar-refractivity contribution is 14.0. The molecule has 0 aliphatic rings. The maximum absolute atomic E-state index is 10.7. The highest BCUT2D eigenvalue weighted by atomic mass is 127. The van der Waals surface area contributed by atoms with Crippen LogP contribution in [0.2, 0.25) is 0 Å². The molecule has 0 radical (unpaired) electrons. The average Bonchev–Trinajstić information content (AvgIpc) is 3.16. The minimum atomic E-state index is -1.17. The molecule has 1 atom stereocenters. The van der Waals surface area contributed by atoms with Gasteiger partial charge in [-0.15, -0.1) is 24.0 Å². The van der Waals surface area contributed by atoms with E-state index < -0.39 is 5.60 Å². The van der Waals surface area contributed by atoms with E-state index >= 15 is 0 Å². The zero-order valence-corrected chi connectivity index (χ0v) is 20.7. The normalized spacial score (nSPS) is 13.1. The molecule has 0 bridgehead atoms. The first-order valence-electron chi connectivity index (χ1n) is 9.45. The summed E-state index contributed by atoms with van der Waals surface area (Å²) >= 11 is 0. The monoisotopic (exact) mass is 533 g/mol. The van der Waals surface area contributed by atoms with Crippen molar-refractivity contribution in [3.63, 3.8) is 0 Å². The summed E-state index contributed by atoms with van der Waals surface area (Å²) in [5.74, 6) is 3.52. The van der Waals surface area contributed by atoms with E-state index in [4.69, 9.17) is 18.6 Å². The zero-order chi connectivity index (χ0) is 21.4. The molecule has 0 aliphatic carbocycles. The lowest BCUT2D eigenvalue weighted by Gasteiger charge is -2.23. The van der Waals surface area contributed by atoms with Gasteiger partial charge in [0.25, 0.3) is 0 Å². The summed E-state index contributed by atoms with van der Waals surface area (Å²) in [6, 6.07) is 7.32. The SMILES string of the molecule is CCNC(=NCc1cc(OC)c(OC)c(OC)c1)NCC(C)(O)c1ccc(C)o1.I. The Morgan fingerprint density at radius 1 is 1.10 bits per heavy atom. The first-order valence-corrected chi connectivity index (χ1v) is 9.45. The molecule has 9 heteroatoms. The number of hydrogen-bond donors (Lipinski definition) is 3. The Morgan fingerprint density at radius 2 is 1.73 bits per heavy atom. The average molecular weight is 533 g/mol. The Kier molecular flexibility index (Phi) is 10.3. The Morgan fingerprint density at radius 3 is 2.20 bits per heavy atom. The maximum atomic E-state index is 10.7. The molecule has 0 amide bonds. The van der Waals surface area contributed by atoms with Gasteiger partial charge in [0.2, 0.25) is 5.75 Å². The molecule has 3 N–H and O–H groups in total. The van der Waals surface area contributed by atoms with Crippen LogP contribution in [0.5, 0.6) is 17.2 Å². The molecule has 1 heterocycles. The zero-order valence-electron chi connectivity index (χ0n) is 18.4. The first-order chi connectivity index (χ1) is 13.8. The molecule has 1 aromatic heterocycles. The Balaban J connectivity index is 0.00000450. The van der Waals surface area contributed by atoms with Crippen LogP contribution in [0.25, 0.3) is 0 Å². The summed E-state index contributed by atoms with van der Waals surface area (Å²) in [6.45, 7) is 6.82. The summed E-state index contributed by atoms with van der Waals surface area (Å²) in [4.78, 5) is 4.59. The minimum absolute atomic E-state index is 0. The molecule has 1 aromatic carbocycles. The molecule has 2 rings (SSSR count). The third kappa shape index (κ3) is 6.69. The van der Waals surface area contributed by atoms with Crippen molar-refractivity contribution >= 4 is 29.9 Å². The highest BCUT2D eigenvalue weighted by Gasteiger charge is 2.27. The van der Waals surface area contributed by atoms with Crippen molar-refractivity contribution in [1.29, 1.82) is 0 Å². The number of nitrogens with zero attached hydrogens (tertiary/aromatic N) is 1. The van der Waals surface area contributed by atoms with Crippen LogP contribution < -0.4 is 24.8 Å². The molecule has 0 spiro atoms. The molecule has 0 fully saturated rings. The molecule has 2 aromatic rings. The van der Waals surface area contributed by atoms with Crippen LogP contribution in [-0.4, -0.2) is 45.5 Å². The first kappa shape index (κ1) is 25.9. The summed E-state index contributed by atoms with van der Waals surface area (Å²) in [6.07, 6.45) is 0. The third-order valence-corrected chi connectivity index (χ3v) is 4.36. The van der Waals surface area contributed by atoms with Gasteiger partial charge < -0.3 is 34.4 Å². The fourth-order valence-corrected chi connectivity index (χ4v) is 2.81. The number of rotatable bonds is 9. The van der Waals surface area contributed by atoms with E-state index in [9.17, 15) is 5.11 Å². The lowest BCUT2D eigenvalue weighted by atomic mass is 10.0. The predicted molar refractivity (Wildman–Crippen MR) is 127 cm³/mol. The van der Waals surface area contributed by atoms with Crippen LogP contribution in [0.1, 0.15) is 30.9 Å². The molecular formula is C21H32IN3O5. The number of halogens is 1. The van der Waals surface area contributed by atoms with Crippen molar-refractivity contribution in [3.05, 3.63) is 41.3 Å². The number of hydrogen-bond acceptors (Lipinski definition) is 6. The van der Waals surface area contributed by atoms with Crippen molar-refractivity contribution in [1.82, 2.24) is 10.6 Å². The van der Waals surface area contributed by atoms with E-state index in [2.05, 4.69) is 15.6 Å². The molecule has 0 aliphatic heterocycles. The third-order valence-electron chi connectivity index (χ3n) is 4.36. The van der Waals surface area contributed by atoms with E-state index in [1.54, 1.807) is 34.3 Å². The van der Waals surface area contributed by atoms with E-state index in [-0.39, 0.29) is 30.5 Å². The lowest BCUT2D eigenvalue weighted by molar-refractivity contribution is 0.0378. The number of aliphatic hydroxyl groups is 1. The van der Waals surface area contributed by atoms with E-state index in [1.165, 1.54) is 0 Å². The molecule has 1 unspecified atom stereocenters. The molecule has 0 saturated heterocycles. The van der Waals surface area contributed by atoms with Crippen molar-refractivity contribution in [3.8, 4) is 17.2 Å². The van der Waals surface area contributed by atoms with Crippen LogP contribution in [0.15, 0.2) is 33.7 Å². The smallest absolute Gasteiger partial charge is 0.203 e. The van der Waals surface area contributed by atoms with Gasteiger partial charge >= 0.3 is 0 Å². The number of benzene rings is 1.